The van der Waals surface area contributed by atoms with Crippen molar-refractivity contribution in [2.75, 3.05) is 11.9 Å². The Bertz CT molecular complexity index is 715. The van der Waals surface area contributed by atoms with Crippen LogP contribution in [0.15, 0.2) is 48.5 Å². The van der Waals surface area contributed by atoms with Crippen LogP contribution in [0.1, 0.15) is 26.9 Å². The van der Waals surface area contributed by atoms with Gasteiger partial charge in [-0.15, -0.1) is 11.6 Å². The molecule has 2 aromatic carbocycles. The fraction of sp³-hybridized carbons (Fsp3) is 0.176. The van der Waals surface area contributed by atoms with Crippen LogP contribution in [0.25, 0.3) is 0 Å². The maximum Gasteiger partial charge on any atom is 0.338 e. The van der Waals surface area contributed by atoms with Gasteiger partial charge < -0.3 is 10.1 Å². The highest BCUT2D eigenvalue weighted by Gasteiger charge is 2.30. The Kier molecular flexibility index (Phi) is 4.11. The predicted molar refractivity (Wildman–Crippen MR) is 84.1 cm³/mol. The highest BCUT2D eigenvalue weighted by molar-refractivity contribution is 6.35. The maximum atomic E-state index is 11.9. The van der Waals surface area contributed by atoms with Crippen LogP contribution >= 0.6 is 11.6 Å². The van der Waals surface area contributed by atoms with Crippen LogP contribution in [0.2, 0.25) is 0 Å². The highest BCUT2D eigenvalue weighted by Crippen LogP contribution is 2.37. The minimum absolute atomic E-state index is 0.217. The Morgan fingerprint density at radius 3 is 2.68 bits per heavy atom. The van der Waals surface area contributed by atoms with Crippen LogP contribution in [0.4, 0.5) is 5.69 Å². The van der Waals surface area contributed by atoms with Crippen molar-refractivity contribution in [3.05, 3.63) is 65.2 Å². The Morgan fingerprint density at radius 2 is 1.91 bits per heavy atom. The molecule has 0 aromatic heterocycles. The number of ether oxygens (including phenoxy) is 1. The molecule has 22 heavy (non-hydrogen) atoms. The molecule has 112 valence electrons. The molecule has 1 amide bonds. The predicted octanol–water partition coefficient (Wildman–Crippen LogP) is 3.32. The van der Waals surface area contributed by atoms with E-state index in [2.05, 4.69) is 5.32 Å². The van der Waals surface area contributed by atoms with Crippen LogP contribution in [0, 0.1) is 0 Å². The number of fused-ring (bicyclic) bond motifs is 1. The number of halogens is 1. The molecule has 4 nitrogen and oxygen atoms in total. The Balaban J connectivity index is 1.65. The molecule has 1 N–H and O–H groups in total. The van der Waals surface area contributed by atoms with Crippen molar-refractivity contribution in [2.24, 2.45) is 0 Å². The largest absolute Gasteiger partial charge is 0.462 e. The van der Waals surface area contributed by atoms with Gasteiger partial charge in [0.2, 0.25) is 5.91 Å². The summed E-state index contributed by atoms with van der Waals surface area (Å²) in [6, 6.07) is 14.4. The summed E-state index contributed by atoms with van der Waals surface area (Å²) in [5.41, 5.74) is 2.95. The molecule has 5 heteroatoms. The van der Waals surface area contributed by atoms with E-state index in [9.17, 15) is 9.59 Å². The first-order chi connectivity index (χ1) is 10.7. The fourth-order valence-corrected chi connectivity index (χ4v) is 2.79. The Labute approximate surface area is 133 Å². The third kappa shape index (κ3) is 2.83. The van der Waals surface area contributed by atoms with Gasteiger partial charge in [0.25, 0.3) is 0 Å². The lowest BCUT2D eigenvalue weighted by Crippen LogP contribution is -2.09. The van der Waals surface area contributed by atoms with Crippen LogP contribution in [-0.2, 0) is 16.0 Å². The molecule has 0 fully saturated rings. The molecule has 1 aliphatic heterocycles. The van der Waals surface area contributed by atoms with Gasteiger partial charge in [0, 0.05) is 17.7 Å². The molecule has 3 rings (SSSR count). The van der Waals surface area contributed by atoms with Crippen molar-refractivity contribution >= 4 is 29.2 Å². The third-order valence-corrected chi connectivity index (χ3v) is 3.97. The first kappa shape index (κ1) is 14.6. The Hall–Kier alpha value is -2.33. The highest BCUT2D eigenvalue weighted by atomic mass is 35.5. The number of hydrogen-bond donors (Lipinski definition) is 1. The summed E-state index contributed by atoms with van der Waals surface area (Å²) in [5, 5.41) is 2.05. The third-order valence-electron chi connectivity index (χ3n) is 3.55. The summed E-state index contributed by atoms with van der Waals surface area (Å²) >= 11 is 6.12. The fourth-order valence-electron chi connectivity index (χ4n) is 2.48. The molecule has 0 saturated heterocycles. The second kappa shape index (κ2) is 6.20. The summed E-state index contributed by atoms with van der Waals surface area (Å²) in [6.07, 6.45) is 0.514. The molecule has 0 unspecified atom stereocenters. The van der Waals surface area contributed by atoms with Crippen LogP contribution in [0.3, 0.4) is 0 Å². The normalized spacial score (nSPS) is 16.0. The molecule has 0 saturated carbocycles. The lowest BCUT2D eigenvalue weighted by Gasteiger charge is -2.10. The molecule has 0 spiro atoms. The Morgan fingerprint density at radius 1 is 1.14 bits per heavy atom. The van der Waals surface area contributed by atoms with E-state index in [4.69, 9.17) is 16.3 Å². The minimum Gasteiger partial charge on any atom is -0.462 e. The number of amides is 1. The zero-order valence-electron chi connectivity index (χ0n) is 11.7. The topological polar surface area (TPSA) is 55.4 Å². The molecule has 1 heterocycles. The SMILES string of the molecule is O=C(OCCc1cccc2c1[C@@H](Cl)C(=O)N2)c1ccccc1. The van der Waals surface area contributed by atoms with Crippen LogP contribution in [-0.4, -0.2) is 18.5 Å². The van der Waals surface area contributed by atoms with Gasteiger partial charge in [-0.05, 0) is 23.8 Å². The molecule has 0 radical (unpaired) electrons. The summed E-state index contributed by atoms with van der Waals surface area (Å²) in [6.45, 7) is 0.238. The van der Waals surface area contributed by atoms with Crippen molar-refractivity contribution in [1.29, 1.82) is 0 Å². The lowest BCUT2D eigenvalue weighted by atomic mass is 10.0. The second-order valence-electron chi connectivity index (χ2n) is 4.98. The number of benzene rings is 2. The zero-order chi connectivity index (χ0) is 15.5. The lowest BCUT2D eigenvalue weighted by molar-refractivity contribution is -0.115. The van der Waals surface area contributed by atoms with Gasteiger partial charge in [-0.2, -0.15) is 0 Å². The number of alkyl halides is 1. The van der Waals surface area contributed by atoms with Crippen molar-refractivity contribution < 1.29 is 14.3 Å². The van der Waals surface area contributed by atoms with Gasteiger partial charge in [-0.3, -0.25) is 4.79 Å². The molecule has 2 aromatic rings. The summed E-state index contributed by atoms with van der Waals surface area (Å²) < 4.78 is 5.27. The average molecular weight is 316 g/mol. The number of carbonyl (C=O) groups excluding carboxylic acids is 2. The van der Waals surface area contributed by atoms with E-state index in [-0.39, 0.29) is 18.5 Å². The van der Waals surface area contributed by atoms with E-state index >= 15 is 0 Å². The molecular weight excluding hydrogens is 302 g/mol. The van der Waals surface area contributed by atoms with Gasteiger partial charge in [0.1, 0.15) is 5.38 Å². The summed E-state index contributed by atoms with van der Waals surface area (Å²) in [4.78, 5) is 23.5. The van der Waals surface area contributed by atoms with Gasteiger partial charge in [0.05, 0.1) is 12.2 Å². The van der Waals surface area contributed by atoms with Gasteiger partial charge >= 0.3 is 5.97 Å². The molecule has 1 atom stereocenters. The molecule has 0 aliphatic carbocycles. The quantitative estimate of drug-likeness (QED) is 0.695. The number of nitrogens with one attached hydrogen (secondary N) is 1. The van der Waals surface area contributed by atoms with Crippen molar-refractivity contribution in [2.45, 2.75) is 11.8 Å². The summed E-state index contributed by atoms with van der Waals surface area (Å²) in [5.74, 6) is -0.574. The zero-order valence-corrected chi connectivity index (χ0v) is 12.5. The number of rotatable bonds is 4. The van der Waals surface area contributed by atoms with E-state index in [1.807, 2.05) is 24.3 Å². The van der Waals surface area contributed by atoms with E-state index in [1.165, 1.54) is 0 Å². The van der Waals surface area contributed by atoms with Crippen molar-refractivity contribution in [3.8, 4) is 0 Å². The average Bonchev–Trinajstić information content (AvgIpc) is 2.84. The first-order valence-corrected chi connectivity index (χ1v) is 7.39. The monoisotopic (exact) mass is 315 g/mol. The second-order valence-corrected chi connectivity index (χ2v) is 5.42. The van der Waals surface area contributed by atoms with E-state index in [0.29, 0.717) is 12.0 Å². The van der Waals surface area contributed by atoms with Gasteiger partial charge in [0.15, 0.2) is 0 Å². The van der Waals surface area contributed by atoms with E-state index < -0.39 is 5.38 Å². The molecule has 1 aliphatic rings. The number of anilines is 1. The number of hydrogen-bond acceptors (Lipinski definition) is 3. The maximum absolute atomic E-state index is 11.9. The van der Waals surface area contributed by atoms with Crippen molar-refractivity contribution in [3.63, 3.8) is 0 Å². The smallest absolute Gasteiger partial charge is 0.338 e. The van der Waals surface area contributed by atoms with E-state index in [1.54, 1.807) is 24.3 Å². The number of esters is 1. The molecule has 0 bridgehead atoms. The minimum atomic E-state index is -0.684. The summed E-state index contributed by atoms with van der Waals surface area (Å²) in [7, 11) is 0. The standard InChI is InChI=1S/C17H14ClNO3/c18-15-14-11(7-4-8-13(14)19-16(15)20)9-10-22-17(21)12-5-2-1-3-6-12/h1-8,15H,9-10H2,(H,19,20)/t15-/m1/s1. The van der Waals surface area contributed by atoms with Gasteiger partial charge in [-0.1, -0.05) is 30.3 Å². The van der Waals surface area contributed by atoms with Gasteiger partial charge in [-0.25, -0.2) is 4.79 Å². The van der Waals surface area contributed by atoms with E-state index in [0.717, 1.165) is 16.8 Å². The first-order valence-electron chi connectivity index (χ1n) is 6.95. The van der Waals surface area contributed by atoms with Crippen molar-refractivity contribution in [1.82, 2.24) is 0 Å². The van der Waals surface area contributed by atoms with Crippen LogP contribution in [0.5, 0.6) is 0 Å². The molecular formula is C17H14ClNO3. The number of carbonyl (C=O) groups is 2. The van der Waals surface area contributed by atoms with Crippen LogP contribution < -0.4 is 5.32 Å².